The number of amides is 1. The number of halogens is 3. The molecule has 0 saturated heterocycles. The van der Waals surface area contributed by atoms with Crippen LogP contribution in [0.5, 0.6) is 11.5 Å². The second-order valence-electron chi connectivity index (χ2n) is 7.69. The summed E-state index contributed by atoms with van der Waals surface area (Å²) in [6.45, 7) is 0.312. The molecule has 186 valence electrons. The Balaban J connectivity index is 1.47. The molecule has 4 rings (SSSR count). The zero-order chi connectivity index (χ0) is 26.2. The predicted molar refractivity (Wildman–Crippen MR) is 151 cm³/mol. The molecule has 9 heteroatoms. The minimum absolute atomic E-state index is 0.274. The number of hydrazone groups is 1. The highest BCUT2D eigenvalue weighted by Crippen LogP contribution is 2.25. The summed E-state index contributed by atoms with van der Waals surface area (Å²) < 4.78 is 12.9. The predicted octanol–water partition coefficient (Wildman–Crippen LogP) is 7.43. The molecule has 0 bridgehead atoms. The van der Waals surface area contributed by atoms with Crippen LogP contribution < -0.4 is 14.9 Å². The third-order valence-corrected chi connectivity index (χ3v) is 6.29. The lowest BCUT2D eigenvalue weighted by Crippen LogP contribution is -2.19. The van der Waals surface area contributed by atoms with E-state index in [9.17, 15) is 9.59 Å². The van der Waals surface area contributed by atoms with Gasteiger partial charge in [-0.3, -0.25) is 4.79 Å². The number of nitrogens with one attached hydrogen (secondary N) is 1. The maximum Gasteiger partial charge on any atom is 0.343 e. The lowest BCUT2D eigenvalue weighted by atomic mass is 10.2. The Labute approximate surface area is 235 Å². The number of hydrogen-bond donors (Lipinski definition) is 1. The van der Waals surface area contributed by atoms with Gasteiger partial charge >= 0.3 is 5.97 Å². The molecule has 0 aliphatic carbocycles. The minimum Gasteiger partial charge on any atom is -0.488 e. The Hall–Kier alpha value is -3.46. The van der Waals surface area contributed by atoms with Crippen LogP contribution in [0.2, 0.25) is 5.02 Å². The second kappa shape index (κ2) is 12.7. The van der Waals surface area contributed by atoms with Crippen molar-refractivity contribution in [3.8, 4) is 11.5 Å². The molecule has 0 heterocycles. The standard InChI is InChI=1S/C28H19Br2ClN2O4/c29-21-8-12-25(37-28(35)19-6-10-23(31)11-7-19)20(14-21)16-32-33-27(34)24-15-22(30)9-13-26(24)36-17-18-4-2-1-3-5-18/h1-16H,17H2,(H,33,34)/b32-16-. The molecule has 0 aromatic heterocycles. The molecule has 4 aromatic carbocycles. The summed E-state index contributed by atoms with van der Waals surface area (Å²) in [5.74, 6) is -0.322. The van der Waals surface area contributed by atoms with E-state index in [2.05, 4.69) is 42.4 Å². The van der Waals surface area contributed by atoms with Crippen molar-refractivity contribution in [3.05, 3.63) is 127 Å². The van der Waals surface area contributed by atoms with Gasteiger partial charge < -0.3 is 9.47 Å². The largest absolute Gasteiger partial charge is 0.488 e. The molecule has 1 N–H and O–H groups in total. The Morgan fingerprint density at radius 1 is 0.865 bits per heavy atom. The molecule has 0 aliphatic heterocycles. The molecule has 0 unspecified atom stereocenters. The van der Waals surface area contributed by atoms with E-state index in [4.69, 9.17) is 21.1 Å². The molecule has 0 saturated carbocycles. The molecule has 1 amide bonds. The van der Waals surface area contributed by atoms with E-state index in [1.165, 1.54) is 6.21 Å². The fourth-order valence-electron chi connectivity index (χ4n) is 3.22. The zero-order valence-electron chi connectivity index (χ0n) is 19.2. The molecular formula is C28H19Br2ClN2O4. The number of ether oxygens (including phenoxy) is 2. The molecule has 0 atom stereocenters. The van der Waals surface area contributed by atoms with Crippen LogP contribution in [0.3, 0.4) is 0 Å². The van der Waals surface area contributed by atoms with E-state index in [1.54, 1.807) is 60.7 Å². The number of benzene rings is 4. The summed E-state index contributed by atoms with van der Waals surface area (Å²) in [4.78, 5) is 25.5. The van der Waals surface area contributed by atoms with Gasteiger partial charge in [-0.25, -0.2) is 10.2 Å². The highest BCUT2D eigenvalue weighted by atomic mass is 79.9. The normalized spacial score (nSPS) is 10.8. The SMILES string of the molecule is O=C(Oc1ccc(Br)cc1/C=N\NC(=O)c1cc(Br)ccc1OCc1ccccc1)c1ccc(Cl)cc1. The smallest absolute Gasteiger partial charge is 0.343 e. The van der Waals surface area contributed by atoms with E-state index in [-0.39, 0.29) is 5.75 Å². The van der Waals surface area contributed by atoms with Crippen molar-refractivity contribution in [2.45, 2.75) is 6.61 Å². The lowest BCUT2D eigenvalue weighted by molar-refractivity contribution is 0.0734. The molecule has 37 heavy (non-hydrogen) atoms. The summed E-state index contributed by atoms with van der Waals surface area (Å²) >= 11 is 12.7. The third kappa shape index (κ3) is 7.52. The summed E-state index contributed by atoms with van der Waals surface area (Å²) in [5.41, 5.74) is 4.63. The van der Waals surface area contributed by atoms with E-state index < -0.39 is 11.9 Å². The molecule has 4 aromatic rings. The van der Waals surface area contributed by atoms with E-state index in [0.717, 1.165) is 14.5 Å². The number of rotatable bonds is 8. The number of carbonyl (C=O) groups is 2. The number of carbonyl (C=O) groups excluding carboxylic acids is 2. The Morgan fingerprint density at radius 3 is 2.27 bits per heavy atom. The molecule has 0 aliphatic rings. The molecule has 0 spiro atoms. The first-order chi connectivity index (χ1) is 17.9. The van der Waals surface area contributed by atoms with Crippen LogP contribution in [0.15, 0.2) is 105 Å². The van der Waals surface area contributed by atoms with E-state index in [1.807, 2.05) is 30.3 Å². The third-order valence-electron chi connectivity index (χ3n) is 5.05. The van der Waals surface area contributed by atoms with Crippen molar-refractivity contribution in [2.24, 2.45) is 5.10 Å². The maximum absolute atomic E-state index is 12.9. The average Bonchev–Trinajstić information content (AvgIpc) is 2.90. The second-order valence-corrected chi connectivity index (χ2v) is 9.96. The number of nitrogens with zero attached hydrogens (tertiary/aromatic N) is 1. The van der Waals surface area contributed by atoms with Gasteiger partial charge in [-0.2, -0.15) is 5.10 Å². The van der Waals surface area contributed by atoms with Crippen molar-refractivity contribution in [1.82, 2.24) is 5.43 Å². The van der Waals surface area contributed by atoms with Gasteiger partial charge in [-0.15, -0.1) is 0 Å². The molecular weight excluding hydrogens is 624 g/mol. The van der Waals surface area contributed by atoms with E-state index >= 15 is 0 Å². The molecule has 6 nitrogen and oxygen atoms in total. The number of hydrogen-bond acceptors (Lipinski definition) is 5. The van der Waals surface area contributed by atoms with Gasteiger partial charge in [-0.1, -0.05) is 73.8 Å². The Morgan fingerprint density at radius 2 is 1.54 bits per heavy atom. The van der Waals surface area contributed by atoms with Gasteiger partial charge in [0.2, 0.25) is 0 Å². The first-order valence-corrected chi connectivity index (χ1v) is 12.9. The van der Waals surface area contributed by atoms with Crippen LogP contribution in [0.25, 0.3) is 0 Å². The molecule has 0 fully saturated rings. The monoisotopic (exact) mass is 640 g/mol. The van der Waals surface area contributed by atoms with Crippen LogP contribution in [-0.4, -0.2) is 18.1 Å². The van der Waals surface area contributed by atoms with E-state index in [0.29, 0.717) is 34.1 Å². The molecule has 0 radical (unpaired) electrons. The van der Waals surface area contributed by atoms with Crippen molar-refractivity contribution >= 4 is 61.6 Å². The van der Waals surface area contributed by atoms with Gasteiger partial charge in [-0.05, 0) is 66.2 Å². The maximum atomic E-state index is 12.9. The quantitative estimate of drug-likeness (QED) is 0.0939. The zero-order valence-corrected chi connectivity index (χ0v) is 23.1. The van der Waals surface area contributed by atoms with Crippen LogP contribution in [0, 0.1) is 0 Å². The van der Waals surface area contributed by atoms with Gasteiger partial charge in [0.05, 0.1) is 17.3 Å². The Kier molecular flexibility index (Phi) is 9.11. The summed E-state index contributed by atoms with van der Waals surface area (Å²) in [5, 5.41) is 4.59. The van der Waals surface area contributed by atoms with Crippen molar-refractivity contribution < 1.29 is 19.1 Å². The van der Waals surface area contributed by atoms with Crippen molar-refractivity contribution in [3.63, 3.8) is 0 Å². The van der Waals surface area contributed by atoms with Crippen molar-refractivity contribution in [1.29, 1.82) is 0 Å². The highest BCUT2D eigenvalue weighted by molar-refractivity contribution is 9.10. The van der Waals surface area contributed by atoms with Crippen LogP contribution in [0.4, 0.5) is 0 Å². The van der Waals surface area contributed by atoms with Gasteiger partial charge in [0.25, 0.3) is 5.91 Å². The van der Waals surface area contributed by atoms with Crippen LogP contribution in [-0.2, 0) is 6.61 Å². The average molecular weight is 643 g/mol. The minimum atomic E-state index is -0.549. The van der Waals surface area contributed by atoms with Crippen LogP contribution in [0.1, 0.15) is 31.8 Å². The Bertz CT molecular complexity index is 1440. The summed E-state index contributed by atoms with van der Waals surface area (Å²) in [6.07, 6.45) is 1.40. The highest BCUT2D eigenvalue weighted by Gasteiger charge is 2.14. The topological polar surface area (TPSA) is 77.0 Å². The summed E-state index contributed by atoms with van der Waals surface area (Å²) in [7, 11) is 0. The first kappa shape index (κ1) is 26.6. The number of esters is 1. The van der Waals surface area contributed by atoms with Crippen LogP contribution >= 0.6 is 43.5 Å². The van der Waals surface area contributed by atoms with Gasteiger partial charge in [0.15, 0.2) is 0 Å². The fourth-order valence-corrected chi connectivity index (χ4v) is 4.09. The van der Waals surface area contributed by atoms with Gasteiger partial charge in [0, 0.05) is 19.5 Å². The van der Waals surface area contributed by atoms with Gasteiger partial charge in [0.1, 0.15) is 18.1 Å². The fraction of sp³-hybridized carbons (Fsp3) is 0.0357. The van der Waals surface area contributed by atoms with Crippen molar-refractivity contribution in [2.75, 3.05) is 0 Å². The summed E-state index contributed by atoms with van der Waals surface area (Å²) in [6, 6.07) is 26.3. The first-order valence-electron chi connectivity index (χ1n) is 11.0. The lowest BCUT2D eigenvalue weighted by Gasteiger charge is -2.11.